The molecule has 0 saturated heterocycles. The van der Waals surface area contributed by atoms with E-state index in [1.807, 2.05) is 0 Å². The molecule has 0 aromatic carbocycles. The third kappa shape index (κ3) is 4.09. The Morgan fingerprint density at radius 2 is 1.68 bits per heavy atom. The molecule has 0 atom stereocenters. The Morgan fingerprint density at radius 3 is 2.05 bits per heavy atom. The van der Waals surface area contributed by atoms with Crippen LogP contribution in [-0.4, -0.2) is 51.2 Å². The fourth-order valence-electron chi connectivity index (χ4n) is 1.58. The van der Waals surface area contributed by atoms with E-state index in [-0.39, 0.29) is 6.42 Å². The molecule has 1 amide bonds. The Balaban J connectivity index is 2.82. The molecule has 0 spiro atoms. The molecule has 0 radical (unpaired) electrons. The van der Waals surface area contributed by atoms with Gasteiger partial charge in [0.25, 0.3) is 0 Å². The van der Waals surface area contributed by atoms with Gasteiger partial charge in [0.05, 0.1) is 12.1 Å². The Morgan fingerprint density at radius 1 is 1.16 bits per heavy atom. The van der Waals surface area contributed by atoms with E-state index in [2.05, 4.69) is 5.16 Å². The van der Waals surface area contributed by atoms with Crippen molar-refractivity contribution in [1.82, 2.24) is 10.1 Å². The van der Waals surface area contributed by atoms with Crippen molar-refractivity contribution in [2.24, 2.45) is 0 Å². The number of hydrogen-bond acceptors (Lipinski definition) is 5. The third-order valence-electron chi connectivity index (χ3n) is 2.51. The number of amides is 1. The van der Waals surface area contributed by atoms with Crippen molar-refractivity contribution in [3.63, 3.8) is 0 Å². The van der Waals surface area contributed by atoms with Gasteiger partial charge in [-0.05, 0) is 13.8 Å². The number of carbonyl (C=O) groups excluding carboxylic acids is 1. The lowest BCUT2D eigenvalue weighted by Gasteiger charge is -2.18. The summed E-state index contributed by atoms with van der Waals surface area (Å²) in [7, 11) is 0. The molecule has 0 bridgehead atoms. The summed E-state index contributed by atoms with van der Waals surface area (Å²) in [5, 5.41) is 21.0. The van der Waals surface area contributed by atoms with Crippen LogP contribution in [0.5, 0.6) is 0 Å². The van der Waals surface area contributed by atoms with Gasteiger partial charge >= 0.3 is 11.9 Å². The molecule has 0 aliphatic rings. The van der Waals surface area contributed by atoms with Crippen LogP contribution in [-0.2, 0) is 20.8 Å². The molecule has 0 aliphatic carbocycles. The summed E-state index contributed by atoms with van der Waals surface area (Å²) in [5.41, 5.74) is 1.07. The maximum atomic E-state index is 11.9. The van der Waals surface area contributed by atoms with Gasteiger partial charge < -0.3 is 19.6 Å². The predicted molar refractivity (Wildman–Crippen MR) is 61.5 cm³/mol. The predicted octanol–water partition coefficient (Wildman–Crippen LogP) is -0.168. The molecule has 104 valence electrons. The summed E-state index contributed by atoms with van der Waals surface area (Å²) < 4.78 is 4.88. The number of hydrogen-bond donors (Lipinski definition) is 2. The van der Waals surface area contributed by atoms with Crippen LogP contribution in [0.4, 0.5) is 0 Å². The standard InChI is InChI=1S/C11H14N2O6/c1-6-8(7(2)19-12-6)3-9(14)13(4-10(15)16)5-11(17)18/h3-5H2,1-2H3,(H,15,16)(H,17,18). The second-order valence-corrected chi connectivity index (χ2v) is 4.02. The van der Waals surface area contributed by atoms with Gasteiger partial charge in [-0.15, -0.1) is 0 Å². The van der Waals surface area contributed by atoms with E-state index in [0.29, 0.717) is 17.0 Å². The van der Waals surface area contributed by atoms with Gasteiger partial charge in [-0.3, -0.25) is 14.4 Å². The molecule has 19 heavy (non-hydrogen) atoms. The highest BCUT2D eigenvalue weighted by Crippen LogP contribution is 2.14. The highest BCUT2D eigenvalue weighted by Gasteiger charge is 2.22. The minimum Gasteiger partial charge on any atom is -0.480 e. The number of nitrogens with zero attached hydrogens (tertiary/aromatic N) is 2. The SMILES string of the molecule is Cc1noc(C)c1CC(=O)N(CC(=O)O)CC(=O)O. The zero-order chi connectivity index (χ0) is 14.6. The van der Waals surface area contributed by atoms with Crippen LogP contribution in [0, 0.1) is 13.8 Å². The van der Waals surface area contributed by atoms with Crippen LogP contribution in [0.2, 0.25) is 0 Å². The summed E-state index contributed by atoms with van der Waals surface area (Å²) >= 11 is 0. The monoisotopic (exact) mass is 270 g/mol. The third-order valence-corrected chi connectivity index (χ3v) is 2.51. The van der Waals surface area contributed by atoms with Gasteiger partial charge in [0.2, 0.25) is 5.91 Å². The first kappa shape index (κ1) is 14.7. The number of aromatic nitrogens is 1. The van der Waals surface area contributed by atoms with Crippen molar-refractivity contribution >= 4 is 17.8 Å². The first-order valence-electron chi connectivity index (χ1n) is 5.44. The summed E-state index contributed by atoms with van der Waals surface area (Å²) in [6, 6.07) is 0. The highest BCUT2D eigenvalue weighted by molar-refractivity contribution is 5.86. The van der Waals surface area contributed by atoms with Crippen molar-refractivity contribution < 1.29 is 29.1 Å². The van der Waals surface area contributed by atoms with Crippen molar-refractivity contribution in [3.8, 4) is 0 Å². The van der Waals surface area contributed by atoms with E-state index in [1.54, 1.807) is 13.8 Å². The second-order valence-electron chi connectivity index (χ2n) is 4.02. The van der Waals surface area contributed by atoms with Crippen LogP contribution in [0.15, 0.2) is 4.52 Å². The molecule has 1 heterocycles. The molecule has 2 N–H and O–H groups in total. The second kappa shape index (κ2) is 5.98. The molecule has 0 unspecified atom stereocenters. The number of aliphatic carboxylic acids is 2. The smallest absolute Gasteiger partial charge is 0.323 e. The molecule has 1 aromatic rings. The Bertz CT molecular complexity index is 472. The highest BCUT2D eigenvalue weighted by atomic mass is 16.5. The molecule has 8 heteroatoms. The lowest BCUT2D eigenvalue weighted by molar-refractivity contribution is -0.149. The average molecular weight is 270 g/mol. The zero-order valence-corrected chi connectivity index (χ0v) is 10.5. The molecule has 1 aromatic heterocycles. The van der Waals surface area contributed by atoms with Gasteiger partial charge in [-0.1, -0.05) is 5.16 Å². The fourth-order valence-corrected chi connectivity index (χ4v) is 1.58. The van der Waals surface area contributed by atoms with E-state index in [4.69, 9.17) is 14.7 Å². The quantitative estimate of drug-likeness (QED) is 0.736. The molecule has 1 rings (SSSR count). The van der Waals surface area contributed by atoms with Crippen molar-refractivity contribution in [1.29, 1.82) is 0 Å². The summed E-state index contributed by atoms with van der Waals surface area (Å²) in [6.07, 6.45) is -0.137. The van der Waals surface area contributed by atoms with Gasteiger partial charge in [0, 0.05) is 5.56 Å². The van der Waals surface area contributed by atoms with E-state index in [9.17, 15) is 14.4 Å². The summed E-state index contributed by atoms with van der Waals surface area (Å²) in [4.78, 5) is 33.9. The zero-order valence-electron chi connectivity index (χ0n) is 10.5. The maximum Gasteiger partial charge on any atom is 0.323 e. The summed E-state index contributed by atoms with van der Waals surface area (Å²) in [6.45, 7) is 1.96. The number of aryl methyl sites for hydroxylation is 2. The topological polar surface area (TPSA) is 121 Å². The van der Waals surface area contributed by atoms with Crippen LogP contribution in [0.3, 0.4) is 0 Å². The molecular formula is C11H14N2O6. The minimum atomic E-state index is -1.27. The molecule has 0 saturated carbocycles. The van der Waals surface area contributed by atoms with Gasteiger partial charge in [-0.2, -0.15) is 0 Å². The largest absolute Gasteiger partial charge is 0.480 e. The van der Waals surface area contributed by atoms with E-state index in [0.717, 1.165) is 4.90 Å². The molecule has 8 nitrogen and oxygen atoms in total. The fraction of sp³-hybridized carbons (Fsp3) is 0.455. The van der Waals surface area contributed by atoms with E-state index in [1.165, 1.54) is 0 Å². The van der Waals surface area contributed by atoms with Crippen molar-refractivity contribution in [2.45, 2.75) is 20.3 Å². The first-order chi connectivity index (χ1) is 8.81. The Kier molecular flexibility index (Phi) is 4.62. The summed E-state index contributed by atoms with van der Waals surface area (Å²) in [5.74, 6) is -2.68. The molecular weight excluding hydrogens is 256 g/mol. The maximum absolute atomic E-state index is 11.9. The number of carboxylic acids is 2. The number of carbonyl (C=O) groups is 3. The minimum absolute atomic E-state index is 0.137. The van der Waals surface area contributed by atoms with Crippen molar-refractivity contribution in [2.75, 3.05) is 13.1 Å². The molecule has 0 fully saturated rings. The van der Waals surface area contributed by atoms with Crippen LogP contribution >= 0.6 is 0 Å². The Hall–Kier alpha value is -2.38. The van der Waals surface area contributed by atoms with Crippen LogP contribution in [0.25, 0.3) is 0 Å². The lowest BCUT2D eigenvalue weighted by Crippen LogP contribution is -2.40. The van der Waals surface area contributed by atoms with Gasteiger partial charge in [0.15, 0.2) is 0 Å². The number of rotatable bonds is 6. The van der Waals surface area contributed by atoms with Crippen LogP contribution in [0.1, 0.15) is 17.0 Å². The van der Waals surface area contributed by atoms with Crippen molar-refractivity contribution in [3.05, 3.63) is 17.0 Å². The van der Waals surface area contributed by atoms with Gasteiger partial charge in [0.1, 0.15) is 18.8 Å². The van der Waals surface area contributed by atoms with Crippen LogP contribution < -0.4 is 0 Å². The van der Waals surface area contributed by atoms with E-state index < -0.39 is 30.9 Å². The number of carboxylic acid groups (broad SMARTS) is 2. The normalized spacial score (nSPS) is 10.2. The average Bonchev–Trinajstić information content (AvgIpc) is 2.58. The van der Waals surface area contributed by atoms with E-state index >= 15 is 0 Å². The lowest BCUT2D eigenvalue weighted by atomic mass is 10.1. The van der Waals surface area contributed by atoms with Gasteiger partial charge in [-0.25, -0.2) is 0 Å². The Labute approximate surface area is 108 Å². The molecule has 0 aliphatic heterocycles. The first-order valence-corrected chi connectivity index (χ1v) is 5.44.